The Labute approximate surface area is 699 Å². The molecule has 0 bridgehead atoms. The predicted octanol–water partition coefficient (Wildman–Crippen LogP) is 9.43. The number of benzene rings is 4. The van der Waals surface area contributed by atoms with Crippen LogP contribution in [-0.4, -0.2) is 198 Å². The zero-order valence-electron chi connectivity index (χ0n) is 64.9. The molecule has 4 aromatic carbocycles. The van der Waals surface area contributed by atoms with Gasteiger partial charge in [-0.05, 0) is 171 Å². The van der Waals surface area contributed by atoms with Gasteiger partial charge in [-0.3, -0.25) is 72.3 Å². The van der Waals surface area contributed by atoms with E-state index < -0.39 is 64.5 Å². The topological polar surface area (TPSA) is 360 Å². The maximum Gasteiger partial charge on any atom is 1.00 e. The molecule has 8 amide bonds. The van der Waals surface area contributed by atoms with E-state index in [1.165, 1.54) is 93.2 Å². The number of hydrogen-bond donors (Lipinski definition) is 1. The van der Waals surface area contributed by atoms with E-state index in [4.69, 9.17) is 23.6 Å². The Morgan fingerprint density at radius 3 is 0.860 bits per heavy atom. The number of carbonyl (C=O) groups is 11. The molecule has 114 heavy (non-hydrogen) atoms. The summed E-state index contributed by atoms with van der Waals surface area (Å²) in [5.41, 5.74) is -7.07. The molecule has 5 aliphatic rings. The number of nitrogens with zero attached hydrogens (tertiary/aromatic N) is 5. The summed E-state index contributed by atoms with van der Waals surface area (Å²) in [5.74, 6) is -1.34. The summed E-state index contributed by atoms with van der Waals surface area (Å²) < 4.78 is 138. The largest absolute Gasteiger partial charge is 1.00 e. The van der Waals surface area contributed by atoms with Crippen molar-refractivity contribution in [1.29, 1.82) is 0 Å². The van der Waals surface area contributed by atoms with Crippen molar-refractivity contribution in [3.8, 4) is 0 Å². The molecule has 4 aromatic rings. The molecule has 9 rings (SSSR count). The predicted molar refractivity (Wildman–Crippen MR) is 424 cm³/mol. The first-order chi connectivity index (χ1) is 52.1. The van der Waals surface area contributed by atoms with Gasteiger partial charge in [-0.15, -0.1) is 0 Å². The van der Waals surface area contributed by atoms with Crippen LogP contribution in [0.15, 0.2) is 175 Å². The number of amides is 8. The van der Waals surface area contributed by atoms with E-state index in [9.17, 15) is 91.1 Å². The maximum atomic E-state index is 12.1. The molecule has 43 heteroatoms. The first-order valence-corrected chi connectivity index (χ1v) is 51.3. The SMILES string of the molecule is C1CCOC1.C=C(/C=C/CN1C(=O)c2ccccc2C1=O)O[Si](C)(C)C.C=C(/C=C/CN1C(=O)c2ccccc2C1=O)O[Si](C)(C)C.CC(=O)/C=C/CN1C(=O)c2ccccc2C1=O.C[Si](C)(C)OS(=O)(=O)C(F)(F)F.C[Si](C)(C)OS(=O)(=O)C(F)(F)F.O=C(/C=C/CN1C(=O)c2ccccc2C1=O)CBr.O=CO[O-].[B]=NS.[Na+]. The second-order valence-electron chi connectivity index (χ2n) is 27.1. The van der Waals surface area contributed by atoms with Crippen LogP contribution in [0.2, 0.25) is 78.6 Å². The standard InChI is InChI=1S/2C16H19NO3Si.C13H10BrNO3.C13H11NO3.2C4H9F3O3SSi.C4H8O.CH2O3.BHNS.Na/c2*1-12(20-21(2,3)4)8-7-11-17-15(18)13-9-5-6-10-14(13)16(17)19;14-8-9(16)4-3-7-15-12(17)10-5-1-2-6-11(10)13(15)18;1-9(15)5-4-8-14-12(16)10-6-2-3-7-11(10)13(14)17;2*1-12(2,3)10-11(8,9)4(5,6)7;1-2-4-5-3-1;2-1-4-3;1-2-3;/h2*5-10H,1,11H2,2-4H3;1-6H,7-8H2;2-7H,8H2,1H3;2*1-3H3;1-4H2;1,3H;3H;/q;;;;;;;;;+1/p-1/b2*8-7+;4-3+;5-4+;;;;;;. The molecule has 615 valence electrons. The van der Waals surface area contributed by atoms with E-state index >= 15 is 0 Å². The van der Waals surface area contributed by atoms with Crippen LogP contribution in [0.4, 0.5) is 26.3 Å². The number of hydrogen-bond acceptors (Lipinski definition) is 24. The minimum Gasteiger partial charge on any atom is 1.00 e. The van der Waals surface area contributed by atoms with Crippen molar-refractivity contribution in [2.75, 3.05) is 44.7 Å². The average Bonchev–Trinajstić information content (AvgIpc) is 1.68. The van der Waals surface area contributed by atoms with Crippen molar-refractivity contribution in [3.05, 3.63) is 215 Å². The van der Waals surface area contributed by atoms with Crippen molar-refractivity contribution in [2.45, 2.75) is 109 Å². The molecule has 0 unspecified atom stereocenters. The first-order valence-electron chi connectivity index (χ1n) is 33.3. The van der Waals surface area contributed by atoms with Crippen molar-refractivity contribution in [3.63, 3.8) is 0 Å². The minimum absolute atomic E-state index is 0. The number of ketones is 2. The van der Waals surface area contributed by atoms with Crippen LogP contribution in [0.25, 0.3) is 0 Å². The Balaban J connectivity index is 0.00000131. The fourth-order valence-electron chi connectivity index (χ4n) is 8.97. The van der Waals surface area contributed by atoms with Gasteiger partial charge in [0.05, 0.1) is 61.4 Å². The molecule has 27 nitrogen and oxygen atoms in total. The summed E-state index contributed by atoms with van der Waals surface area (Å²) in [6, 6.07) is 27.1. The number of imide groups is 4. The van der Waals surface area contributed by atoms with Gasteiger partial charge in [-0.1, -0.05) is 102 Å². The Bertz CT molecular complexity index is 4160. The normalized spacial score (nSPS) is 14.3. The maximum absolute atomic E-state index is 12.1. The van der Waals surface area contributed by atoms with Gasteiger partial charge in [0.2, 0.25) is 33.3 Å². The van der Waals surface area contributed by atoms with E-state index in [2.05, 4.69) is 106 Å². The van der Waals surface area contributed by atoms with Gasteiger partial charge in [0.15, 0.2) is 11.6 Å². The quantitative estimate of drug-likeness (QED) is 0.00622. The summed E-state index contributed by atoms with van der Waals surface area (Å²) >= 11 is 6.22. The summed E-state index contributed by atoms with van der Waals surface area (Å²) in [4.78, 5) is 134. The molecule has 0 aliphatic carbocycles. The smallest absolute Gasteiger partial charge is 1.00 e. The molecule has 1 radical (unpaired) electrons. The van der Waals surface area contributed by atoms with E-state index in [1.54, 1.807) is 121 Å². The van der Waals surface area contributed by atoms with Crippen LogP contribution in [-0.2, 0) is 60.8 Å². The fourth-order valence-corrected chi connectivity index (χ4v) is 16.9. The van der Waals surface area contributed by atoms with Gasteiger partial charge in [0.1, 0.15) is 0 Å². The van der Waals surface area contributed by atoms with Crippen LogP contribution in [0.3, 0.4) is 0 Å². The van der Waals surface area contributed by atoms with Gasteiger partial charge in [0.25, 0.3) is 53.7 Å². The molecular formula is C71H87BBrF6N5NaO22S3Si4. The van der Waals surface area contributed by atoms with Crippen molar-refractivity contribution in [2.24, 2.45) is 4.30 Å². The first kappa shape index (κ1) is 106. The molecule has 0 spiro atoms. The molecule has 0 aromatic heterocycles. The van der Waals surface area contributed by atoms with Gasteiger partial charge < -0.3 is 31.5 Å². The van der Waals surface area contributed by atoms with Crippen LogP contribution in [0, 0.1) is 0 Å². The molecular weight excluding hydrogens is 1710 g/mol. The number of allylic oxidation sites excluding steroid dienone is 4. The third-order valence-electron chi connectivity index (χ3n) is 13.1. The third kappa shape index (κ3) is 37.4. The zero-order chi connectivity index (χ0) is 86.8. The molecule has 0 N–H and O–H groups in total. The molecule has 5 heterocycles. The Morgan fingerprint density at radius 1 is 0.500 bits per heavy atom. The molecule has 5 aliphatic heterocycles. The van der Waals surface area contributed by atoms with Gasteiger partial charge >= 0.3 is 85.6 Å². The number of rotatable bonds is 22. The number of fused-ring (bicyclic) bond motifs is 4. The Morgan fingerprint density at radius 2 is 0.711 bits per heavy atom. The van der Waals surface area contributed by atoms with Gasteiger partial charge in [-0.25, -0.2) is 0 Å². The number of alkyl halides is 7. The average molecular weight is 1800 g/mol. The Hall–Kier alpha value is -7.83. The van der Waals surface area contributed by atoms with E-state index in [1.807, 2.05) is 0 Å². The van der Waals surface area contributed by atoms with Crippen molar-refractivity contribution in [1.82, 2.24) is 19.6 Å². The summed E-state index contributed by atoms with van der Waals surface area (Å²) in [7, 11) is -15.2. The minimum atomic E-state index is -5.39. The van der Waals surface area contributed by atoms with Gasteiger partial charge in [0, 0.05) is 39.4 Å². The van der Waals surface area contributed by atoms with Crippen molar-refractivity contribution < 1.29 is 157 Å². The van der Waals surface area contributed by atoms with E-state index in [-0.39, 0.29) is 126 Å². The van der Waals surface area contributed by atoms with Crippen LogP contribution < -0.4 is 34.8 Å². The summed E-state index contributed by atoms with van der Waals surface area (Å²) in [6.45, 7) is 32.1. The molecule has 1 fully saturated rings. The monoisotopic (exact) mass is 1800 g/mol. The number of halogens is 7. The molecule has 0 saturated carbocycles. The van der Waals surface area contributed by atoms with Crippen LogP contribution in [0.1, 0.15) is 103 Å². The number of thiol groups is 1. The number of ether oxygens (including phenoxy) is 1. The fraction of sp³-hybridized carbons (Fsp3) is 0.338. The molecule has 0 atom stereocenters. The van der Waals surface area contributed by atoms with Crippen molar-refractivity contribution >= 4 is 155 Å². The van der Waals surface area contributed by atoms with E-state index in [0.29, 0.717) is 56.0 Å². The summed E-state index contributed by atoms with van der Waals surface area (Å²) in [5, 5.41) is 8.66. The summed E-state index contributed by atoms with van der Waals surface area (Å²) in [6.07, 6.45) is 15.2. The zero-order valence-corrected chi connectivity index (χ0v) is 75.0. The number of carbonyl (C=O) groups excluding carboxylic acids is 11. The second kappa shape index (κ2) is 48.6. The Kier molecular flexibility index (Phi) is 45.3. The van der Waals surface area contributed by atoms with E-state index in [0.717, 1.165) is 23.0 Å². The second-order valence-corrected chi connectivity index (χ2v) is 49.2. The van der Waals surface area contributed by atoms with Crippen LogP contribution in [0.5, 0.6) is 0 Å². The van der Waals surface area contributed by atoms with Gasteiger partial charge in [-0.2, -0.15) is 43.2 Å². The molecule has 1 saturated heterocycles. The third-order valence-corrected chi connectivity index (χ3v) is 22.3. The van der Waals surface area contributed by atoms with Crippen LogP contribution >= 0.6 is 28.7 Å².